The van der Waals surface area contributed by atoms with E-state index in [2.05, 4.69) is 69.3 Å². The number of thiophene rings is 1. The van der Waals surface area contributed by atoms with Gasteiger partial charge in [-0.2, -0.15) is 5.10 Å². The summed E-state index contributed by atoms with van der Waals surface area (Å²) < 4.78 is 7.75. The van der Waals surface area contributed by atoms with Crippen LogP contribution in [0.25, 0.3) is 0 Å². The fourth-order valence-electron chi connectivity index (χ4n) is 4.15. The molecule has 1 saturated heterocycles. The van der Waals surface area contributed by atoms with Crippen LogP contribution in [-0.2, 0) is 0 Å². The number of halogens is 1. The average molecular weight is 418 g/mol. The Morgan fingerprint density at radius 3 is 2.76 bits per heavy atom. The van der Waals surface area contributed by atoms with Gasteiger partial charge in [0.25, 0.3) is 0 Å². The predicted molar refractivity (Wildman–Crippen MR) is 104 cm³/mol. The summed E-state index contributed by atoms with van der Waals surface area (Å²) in [6.45, 7) is 2.08. The lowest BCUT2D eigenvalue weighted by Crippen LogP contribution is -2.58. The van der Waals surface area contributed by atoms with Crippen molar-refractivity contribution in [1.82, 2.24) is 9.91 Å². The molecule has 2 aromatic rings. The molecule has 0 N–H and O–H groups in total. The van der Waals surface area contributed by atoms with Crippen LogP contribution in [0, 0.1) is 0 Å². The first-order chi connectivity index (χ1) is 12.1. The van der Waals surface area contributed by atoms with Crippen molar-refractivity contribution in [2.45, 2.75) is 31.0 Å². The van der Waals surface area contributed by atoms with Crippen LogP contribution < -0.4 is 4.74 Å². The monoisotopic (exact) mass is 417 g/mol. The van der Waals surface area contributed by atoms with Gasteiger partial charge in [-0.15, -0.1) is 11.3 Å². The molecule has 1 aromatic heterocycles. The van der Waals surface area contributed by atoms with Gasteiger partial charge in [0.2, 0.25) is 5.72 Å². The summed E-state index contributed by atoms with van der Waals surface area (Å²) in [5, 5.41) is 7.37. The molecule has 1 aromatic carbocycles. The van der Waals surface area contributed by atoms with E-state index in [9.17, 15) is 0 Å². The van der Waals surface area contributed by atoms with Crippen LogP contribution in [0.15, 0.2) is 45.3 Å². The lowest BCUT2D eigenvalue weighted by atomic mass is 9.91. The lowest BCUT2D eigenvalue weighted by molar-refractivity contribution is -0.147. The maximum Gasteiger partial charge on any atom is 0.200 e. The molecule has 5 rings (SSSR count). The van der Waals surface area contributed by atoms with Crippen LogP contribution in [0.3, 0.4) is 0 Å². The van der Waals surface area contributed by atoms with E-state index in [0.29, 0.717) is 0 Å². The Labute approximate surface area is 160 Å². The standard InChI is InChI=1S/C19H20BrN3OS/c1-22-10-8-19(9-11-22)23-15(13-4-2-3-5-16(13)24-19)12-14(21-23)17-6-7-18(20)25-17/h2-7,15H,8-12H2,1H3. The number of fused-ring (bicyclic) bond motifs is 4. The fraction of sp³-hybridized carbons (Fsp3) is 0.421. The van der Waals surface area contributed by atoms with Gasteiger partial charge in [0.1, 0.15) is 5.75 Å². The normalized spacial score (nSPS) is 24.6. The lowest BCUT2D eigenvalue weighted by Gasteiger charge is -2.50. The largest absolute Gasteiger partial charge is 0.466 e. The molecule has 130 valence electrons. The van der Waals surface area contributed by atoms with Gasteiger partial charge in [-0.25, -0.2) is 5.01 Å². The highest BCUT2D eigenvalue weighted by atomic mass is 79.9. The zero-order valence-corrected chi connectivity index (χ0v) is 16.5. The number of benzene rings is 1. The van der Waals surface area contributed by atoms with E-state index in [4.69, 9.17) is 9.84 Å². The molecule has 6 heteroatoms. The summed E-state index contributed by atoms with van der Waals surface area (Å²) in [5.41, 5.74) is 2.14. The van der Waals surface area contributed by atoms with Gasteiger partial charge >= 0.3 is 0 Å². The molecule has 4 heterocycles. The Morgan fingerprint density at radius 2 is 2.00 bits per heavy atom. The molecule has 1 unspecified atom stereocenters. The zero-order chi connectivity index (χ0) is 17.0. The van der Waals surface area contributed by atoms with E-state index in [1.54, 1.807) is 11.3 Å². The average Bonchev–Trinajstić information content (AvgIpc) is 3.25. The van der Waals surface area contributed by atoms with Crippen molar-refractivity contribution in [2.24, 2.45) is 5.10 Å². The highest BCUT2D eigenvalue weighted by Gasteiger charge is 2.51. The molecule has 3 aliphatic heterocycles. The van der Waals surface area contributed by atoms with Crippen LogP contribution in [0.4, 0.5) is 0 Å². The molecule has 1 spiro atoms. The second kappa shape index (κ2) is 5.83. The maximum atomic E-state index is 6.60. The Balaban J connectivity index is 1.58. The fourth-order valence-corrected chi connectivity index (χ4v) is 5.53. The Morgan fingerprint density at radius 1 is 1.20 bits per heavy atom. The first kappa shape index (κ1) is 15.9. The molecule has 0 bridgehead atoms. The number of likely N-dealkylation sites (tertiary alicyclic amines) is 1. The molecule has 1 atom stereocenters. The first-order valence-electron chi connectivity index (χ1n) is 8.74. The maximum absolute atomic E-state index is 6.60. The molecule has 0 aliphatic carbocycles. The van der Waals surface area contributed by atoms with E-state index >= 15 is 0 Å². The van der Waals surface area contributed by atoms with Gasteiger partial charge in [-0.3, -0.25) is 0 Å². The van der Waals surface area contributed by atoms with Crippen molar-refractivity contribution in [3.63, 3.8) is 0 Å². The van der Waals surface area contributed by atoms with Crippen LogP contribution in [0.1, 0.15) is 35.7 Å². The molecule has 0 amide bonds. The number of hydrogen-bond donors (Lipinski definition) is 0. The van der Waals surface area contributed by atoms with Gasteiger partial charge in [0, 0.05) is 37.9 Å². The Kier molecular flexibility index (Phi) is 3.69. The minimum absolute atomic E-state index is 0.282. The topological polar surface area (TPSA) is 28.1 Å². The number of para-hydroxylation sites is 1. The van der Waals surface area contributed by atoms with Gasteiger partial charge < -0.3 is 9.64 Å². The van der Waals surface area contributed by atoms with Gasteiger partial charge in [0.15, 0.2) is 0 Å². The number of hydrogen-bond acceptors (Lipinski definition) is 5. The van der Waals surface area contributed by atoms with Crippen LogP contribution in [-0.4, -0.2) is 41.5 Å². The summed E-state index contributed by atoms with van der Waals surface area (Å²) in [6.07, 6.45) is 2.92. The van der Waals surface area contributed by atoms with E-state index in [0.717, 1.165) is 41.9 Å². The smallest absolute Gasteiger partial charge is 0.200 e. The van der Waals surface area contributed by atoms with Crippen molar-refractivity contribution >= 4 is 33.0 Å². The number of nitrogens with zero attached hydrogens (tertiary/aromatic N) is 3. The minimum Gasteiger partial charge on any atom is -0.466 e. The summed E-state index contributed by atoms with van der Waals surface area (Å²) >= 11 is 5.34. The van der Waals surface area contributed by atoms with Gasteiger partial charge in [0.05, 0.1) is 20.4 Å². The summed E-state index contributed by atoms with van der Waals surface area (Å²) in [5.74, 6) is 1.04. The van der Waals surface area contributed by atoms with E-state index in [-0.39, 0.29) is 11.8 Å². The van der Waals surface area contributed by atoms with E-state index in [1.165, 1.54) is 16.2 Å². The molecule has 3 aliphatic rings. The Hall–Kier alpha value is -1.37. The van der Waals surface area contributed by atoms with Gasteiger partial charge in [-0.05, 0) is 41.2 Å². The van der Waals surface area contributed by atoms with Gasteiger partial charge in [-0.1, -0.05) is 18.2 Å². The van der Waals surface area contributed by atoms with Crippen LogP contribution >= 0.6 is 27.3 Å². The summed E-state index contributed by atoms with van der Waals surface area (Å²) in [6, 6.07) is 13.0. The quantitative estimate of drug-likeness (QED) is 0.684. The third-order valence-corrected chi connectivity index (χ3v) is 7.20. The highest BCUT2D eigenvalue weighted by molar-refractivity contribution is 9.11. The number of hydrazone groups is 1. The molecule has 4 nitrogen and oxygen atoms in total. The van der Waals surface area contributed by atoms with E-state index < -0.39 is 0 Å². The second-order valence-corrected chi connectivity index (χ2v) is 9.57. The summed E-state index contributed by atoms with van der Waals surface area (Å²) in [7, 11) is 2.18. The van der Waals surface area contributed by atoms with Crippen molar-refractivity contribution < 1.29 is 4.74 Å². The van der Waals surface area contributed by atoms with Crippen molar-refractivity contribution in [3.05, 3.63) is 50.6 Å². The predicted octanol–water partition coefficient (Wildman–Crippen LogP) is 4.48. The summed E-state index contributed by atoms with van der Waals surface area (Å²) in [4.78, 5) is 3.63. The number of piperidine rings is 1. The first-order valence-corrected chi connectivity index (χ1v) is 10.3. The van der Waals surface area contributed by atoms with Crippen molar-refractivity contribution in [1.29, 1.82) is 0 Å². The molecule has 1 fully saturated rings. The van der Waals surface area contributed by atoms with Crippen LogP contribution in [0.5, 0.6) is 5.75 Å². The molecular weight excluding hydrogens is 398 g/mol. The third kappa shape index (κ3) is 2.54. The molecule has 0 saturated carbocycles. The van der Waals surface area contributed by atoms with Crippen molar-refractivity contribution in [2.75, 3.05) is 20.1 Å². The number of rotatable bonds is 1. The molecule has 0 radical (unpaired) electrons. The number of ether oxygens (including phenoxy) is 1. The molecule has 25 heavy (non-hydrogen) atoms. The SMILES string of the molecule is CN1CCC2(CC1)Oc1ccccc1C1CC(c3ccc(Br)s3)=NN12. The second-order valence-electron chi connectivity index (χ2n) is 7.10. The third-order valence-electron chi connectivity index (χ3n) is 5.53. The highest BCUT2D eigenvalue weighted by Crippen LogP contribution is 2.50. The van der Waals surface area contributed by atoms with Crippen LogP contribution in [0.2, 0.25) is 0 Å². The zero-order valence-electron chi connectivity index (χ0n) is 14.1. The van der Waals surface area contributed by atoms with Crippen molar-refractivity contribution in [3.8, 4) is 5.75 Å². The molecular formula is C19H20BrN3OS. The van der Waals surface area contributed by atoms with E-state index in [1.807, 2.05) is 0 Å². The Bertz CT molecular complexity index is 841. The minimum atomic E-state index is -0.304.